The molecule has 0 heterocycles. The van der Waals surface area contributed by atoms with Crippen LogP contribution in [0.5, 0.6) is 0 Å². The van der Waals surface area contributed by atoms with Crippen molar-refractivity contribution in [1.29, 1.82) is 0 Å². The minimum absolute atomic E-state index is 0.113. The molecular weight excluding hydrogens is 287 g/mol. The molecule has 0 spiro atoms. The average molecular weight is 303 g/mol. The van der Waals surface area contributed by atoms with E-state index in [0.717, 1.165) is 5.56 Å². The Hall–Kier alpha value is -1.26. The Balaban J connectivity index is 2.72. The standard InChI is InChI=1S/C13H16Cl2N2O2/c1-9(10-5-3-4-6-11(10)15)17(2)13(19)16-12(18)7-8-14/h3-6,9H,7-8H2,1-2H3,(H,16,18,19). The number of nitrogens with zero attached hydrogens (tertiary/aromatic N) is 1. The van der Waals surface area contributed by atoms with E-state index >= 15 is 0 Å². The smallest absolute Gasteiger partial charge is 0.321 e. The topological polar surface area (TPSA) is 49.4 Å². The summed E-state index contributed by atoms with van der Waals surface area (Å²) in [6, 6.07) is 6.57. The second-order valence-electron chi connectivity index (χ2n) is 4.10. The van der Waals surface area contributed by atoms with E-state index in [0.29, 0.717) is 5.02 Å². The van der Waals surface area contributed by atoms with Gasteiger partial charge in [-0.05, 0) is 18.6 Å². The summed E-state index contributed by atoms with van der Waals surface area (Å²) >= 11 is 11.5. The van der Waals surface area contributed by atoms with Crippen molar-refractivity contribution < 1.29 is 9.59 Å². The van der Waals surface area contributed by atoms with Gasteiger partial charge in [-0.3, -0.25) is 10.1 Å². The van der Waals surface area contributed by atoms with Gasteiger partial charge in [0.2, 0.25) is 5.91 Å². The Morgan fingerprint density at radius 2 is 2.00 bits per heavy atom. The van der Waals surface area contributed by atoms with Crippen LogP contribution in [0.2, 0.25) is 5.02 Å². The maximum Gasteiger partial charge on any atom is 0.324 e. The second kappa shape index (κ2) is 7.36. The van der Waals surface area contributed by atoms with E-state index < -0.39 is 11.9 Å². The Bertz CT molecular complexity index is 466. The summed E-state index contributed by atoms with van der Waals surface area (Å²) in [5.74, 6) is -0.207. The maximum atomic E-state index is 11.9. The molecule has 0 saturated heterocycles. The minimum atomic E-state index is -0.470. The van der Waals surface area contributed by atoms with Gasteiger partial charge in [0.15, 0.2) is 0 Å². The first kappa shape index (κ1) is 15.8. The fourth-order valence-electron chi connectivity index (χ4n) is 1.55. The molecule has 0 aliphatic heterocycles. The van der Waals surface area contributed by atoms with Gasteiger partial charge < -0.3 is 4.90 Å². The zero-order valence-electron chi connectivity index (χ0n) is 10.8. The lowest BCUT2D eigenvalue weighted by Crippen LogP contribution is -2.42. The lowest BCUT2D eigenvalue weighted by Gasteiger charge is -2.25. The molecule has 1 N–H and O–H groups in total. The van der Waals surface area contributed by atoms with Gasteiger partial charge in [-0.1, -0.05) is 29.8 Å². The number of hydrogen-bond acceptors (Lipinski definition) is 2. The van der Waals surface area contributed by atoms with Crippen LogP contribution in [0.3, 0.4) is 0 Å². The molecule has 1 unspecified atom stereocenters. The molecule has 0 aromatic heterocycles. The fourth-order valence-corrected chi connectivity index (χ4v) is 2.02. The number of hydrogen-bond donors (Lipinski definition) is 1. The van der Waals surface area contributed by atoms with Crippen molar-refractivity contribution in [2.24, 2.45) is 0 Å². The second-order valence-corrected chi connectivity index (χ2v) is 4.89. The van der Waals surface area contributed by atoms with Crippen LogP contribution in [0.4, 0.5) is 4.79 Å². The van der Waals surface area contributed by atoms with Crippen molar-refractivity contribution in [1.82, 2.24) is 10.2 Å². The third-order valence-electron chi connectivity index (χ3n) is 2.82. The monoisotopic (exact) mass is 302 g/mol. The number of benzene rings is 1. The average Bonchev–Trinajstić information content (AvgIpc) is 2.37. The number of nitrogens with one attached hydrogen (secondary N) is 1. The van der Waals surface area contributed by atoms with E-state index in [1.807, 2.05) is 25.1 Å². The summed E-state index contributed by atoms with van der Waals surface area (Å²) in [7, 11) is 1.61. The first-order chi connectivity index (χ1) is 8.97. The minimum Gasteiger partial charge on any atom is -0.321 e. The molecule has 4 nitrogen and oxygen atoms in total. The van der Waals surface area contributed by atoms with Crippen LogP contribution in [0.15, 0.2) is 24.3 Å². The van der Waals surface area contributed by atoms with E-state index in [1.165, 1.54) is 4.90 Å². The lowest BCUT2D eigenvalue weighted by molar-refractivity contribution is -0.119. The van der Waals surface area contributed by atoms with Gasteiger partial charge >= 0.3 is 6.03 Å². The van der Waals surface area contributed by atoms with Gasteiger partial charge in [0.25, 0.3) is 0 Å². The molecule has 0 aliphatic carbocycles. The van der Waals surface area contributed by atoms with Crippen molar-refractivity contribution in [2.75, 3.05) is 12.9 Å². The SMILES string of the molecule is CC(c1ccccc1Cl)N(C)C(=O)NC(=O)CCCl. The summed E-state index contributed by atoms with van der Waals surface area (Å²) in [5.41, 5.74) is 0.826. The van der Waals surface area contributed by atoms with Crippen molar-refractivity contribution in [2.45, 2.75) is 19.4 Å². The van der Waals surface area contributed by atoms with Gasteiger partial charge in [-0.2, -0.15) is 0 Å². The third-order valence-corrected chi connectivity index (χ3v) is 3.36. The number of imide groups is 1. The summed E-state index contributed by atoms with van der Waals surface area (Å²) in [4.78, 5) is 24.6. The van der Waals surface area contributed by atoms with E-state index in [4.69, 9.17) is 23.2 Å². The van der Waals surface area contributed by atoms with Crippen molar-refractivity contribution in [3.63, 3.8) is 0 Å². The number of rotatable bonds is 4. The Morgan fingerprint density at radius 1 is 1.37 bits per heavy atom. The van der Waals surface area contributed by atoms with Crippen LogP contribution in [0.25, 0.3) is 0 Å². The molecule has 0 saturated carbocycles. The predicted molar refractivity (Wildman–Crippen MR) is 76.5 cm³/mol. The highest BCUT2D eigenvalue weighted by Gasteiger charge is 2.20. The molecule has 1 aromatic carbocycles. The van der Waals surface area contributed by atoms with Crippen LogP contribution >= 0.6 is 23.2 Å². The summed E-state index contributed by atoms with van der Waals surface area (Å²) in [6.45, 7) is 1.84. The number of halogens is 2. The molecule has 1 atom stereocenters. The Kier molecular flexibility index (Phi) is 6.12. The number of amides is 3. The zero-order chi connectivity index (χ0) is 14.4. The number of carbonyl (C=O) groups excluding carboxylic acids is 2. The summed E-state index contributed by atoms with van der Waals surface area (Å²) in [5, 5.41) is 2.86. The Labute approximate surface area is 122 Å². The molecule has 1 aromatic rings. The van der Waals surface area contributed by atoms with E-state index in [2.05, 4.69) is 5.32 Å². The first-order valence-corrected chi connectivity index (χ1v) is 6.75. The van der Waals surface area contributed by atoms with E-state index in [9.17, 15) is 9.59 Å². The van der Waals surface area contributed by atoms with Gasteiger partial charge in [0.05, 0.1) is 6.04 Å². The van der Waals surface area contributed by atoms with Crippen LogP contribution in [0, 0.1) is 0 Å². The molecule has 0 radical (unpaired) electrons. The van der Waals surface area contributed by atoms with Crippen LogP contribution in [0.1, 0.15) is 24.9 Å². The van der Waals surface area contributed by atoms with Crippen molar-refractivity contribution in [3.05, 3.63) is 34.9 Å². The third kappa shape index (κ3) is 4.40. The van der Waals surface area contributed by atoms with Crippen molar-refractivity contribution >= 4 is 35.1 Å². The normalized spacial score (nSPS) is 11.8. The predicted octanol–water partition coefficient (Wildman–Crippen LogP) is 3.20. The van der Waals surface area contributed by atoms with E-state index in [1.54, 1.807) is 13.1 Å². The highest BCUT2D eigenvalue weighted by Crippen LogP contribution is 2.26. The van der Waals surface area contributed by atoms with Crippen molar-refractivity contribution in [3.8, 4) is 0 Å². The molecular formula is C13H16Cl2N2O2. The van der Waals surface area contributed by atoms with E-state index in [-0.39, 0.29) is 18.3 Å². The fraction of sp³-hybridized carbons (Fsp3) is 0.385. The summed E-state index contributed by atoms with van der Waals surface area (Å²) in [6.07, 6.45) is 0.113. The van der Waals surface area contributed by atoms with Gasteiger partial charge in [0, 0.05) is 24.4 Å². The first-order valence-electron chi connectivity index (χ1n) is 5.84. The molecule has 3 amide bonds. The summed E-state index contributed by atoms with van der Waals surface area (Å²) < 4.78 is 0. The Morgan fingerprint density at radius 3 is 2.58 bits per heavy atom. The largest absolute Gasteiger partial charge is 0.324 e. The molecule has 104 valence electrons. The lowest BCUT2D eigenvalue weighted by atomic mass is 10.1. The van der Waals surface area contributed by atoms with Crippen LogP contribution < -0.4 is 5.32 Å². The molecule has 6 heteroatoms. The quantitative estimate of drug-likeness (QED) is 0.868. The highest BCUT2D eigenvalue weighted by molar-refractivity contribution is 6.31. The number of alkyl halides is 1. The van der Waals surface area contributed by atoms with Gasteiger partial charge in [-0.25, -0.2) is 4.79 Å². The van der Waals surface area contributed by atoms with Gasteiger partial charge in [-0.15, -0.1) is 11.6 Å². The van der Waals surface area contributed by atoms with Crippen LogP contribution in [-0.4, -0.2) is 29.8 Å². The molecule has 0 bridgehead atoms. The van der Waals surface area contributed by atoms with Crippen LogP contribution in [-0.2, 0) is 4.79 Å². The van der Waals surface area contributed by atoms with Gasteiger partial charge in [0.1, 0.15) is 0 Å². The maximum absolute atomic E-state index is 11.9. The molecule has 0 fully saturated rings. The number of urea groups is 1. The number of carbonyl (C=O) groups is 2. The molecule has 1 rings (SSSR count). The molecule has 19 heavy (non-hydrogen) atoms. The highest BCUT2D eigenvalue weighted by atomic mass is 35.5. The zero-order valence-corrected chi connectivity index (χ0v) is 12.3. The molecule has 0 aliphatic rings.